The van der Waals surface area contributed by atoms with E-state index in [9.17, 15) is 4.79 Å². The number of pyridine rings is 1. The maximum absolute atomic E-state index is 11.9. The van der Waals surface area contributed by atoms with Crippen molar-refractivity contribution in [2.45, 2.75) is 32.0 Å². The number of aryl methyl sites for hydroxylation is 1. The molecule has 1 aliphatic rings. The highest BCUT2D eigenvalue weighted by Gasteiger charge is 2.29. The van der Waals surface area contributed by atoms with Crippen molar-refractivity contribution >= 4 is 36.4 Å². The van der Waals surface area contributed by atoms with Crippen LogP contribution in [0.15, 0.2) is 18.5 Å². The van der Waals surface area contributed by atoms with Crippen LogP contribution in [-0.2, 0) is 9.53 Å². The van der Waals surface area contributed by atoms with E-state index in [1.54, 1.807) is 18.5 Å². The molecular weight excluding hydrogens is 289 g/mol. The first-order chi connectivity index (χ1) is 8.20. The zero-order valence-corrected chi connectivity index (χ0v) is 12.3. The van der Waals surface area contributed by atoms with E-state index in [0.717, 1.165) is 24.1 Å². The van der Waals surface area contributed by atoms with Crippen LogP contribution in [0.25, 0.3) is 0 Å². The van der Waals surface area contributed by atoms with Crippen molar-refractivity contribution in [1.82, 2.24) is 4.98 Å². The van der Waals surface area contributed by atoms with Gasteiger partial charge in [-0.25, -0.2) is 0 Å². The zero-order valence-electron chi connectivity index (χ0n) is 10.7. The van der Waals surface area contributed by atoms with Gasteiger partial charge in [-0.2, -0.15) is 0 Å². The van der Waals surface area contributed by atoms with Gasteiger partial charge in [0.2, 0.25) is 0 Å². The highest BCUT2D eigenvalue weighted by Crippen LogP contribution is 2.21. The average Bonchev–Trinajstić information content (AvgIpc) is 2.81. The van der Waals surface area contributed by atoms with E-state index in [1.165, 1.54) is 0 Å². The summed E-state index contributed by atoms with van der Waals surface area (Å²) in [7, 11) is 0. The number of hydrogen-bond acceptors (Lipinski definition) is 4. The second-order valence-corrected chi connectivity index (χ2v) is 4.24. The molecule has 1 fully saturated rings. The van der Waals surface area contributed by atoms with Gasteiger partial charge in [-0.3, -0.25) is 9.78 Å². The second kappa shape index (κ2) is 8.32. The van der Waals surface area contributed by atoms with Crippen LogP contribution < -0.4 is 11.1 Å². The largest absolute Gasteiger partial charge is 0.364 e. The number of hydrogen-bond donors (Lipinski definition) is 2. The predicted octanol–water partition coefficient (Wildman–Crippen LogP) is 1.68. The molecule has 0 bridgehead atoms. The number of nitrogens with zero attached hydrogens (tertiary/aromatic N) is 1. The lowest BCUT2D eigenvalue weighted by Gasteiger charge is -2.13. The van der Waals surface area contributed by atoms with Crippen molar-refractivity contribution in [3.05, 3.63) is 24.0 Å². The Morgan fingerprint density at radius 2 is 2.26 bits per heavy atom. The third kappa shape index (κ3) is 4.62. The first kappa shape index (κ1) is 18.1. The smallest absolute Gasteiger partial charge is 0.253 e. The summed E-state index contributed by atoms with van der Waals surface area (Å²) in [4.78, 5) is 15.9. The monoisotopic (exact) mass is 307 g/mol. The van der Waals surface area contributed by atoms with Gasteiger partial charge in [0, 0.05) is 24.6 Å². The summed E-state index contributed by atoms with van der Waals surface area (Å²) in [5.74, 6) is -0.102. The highest BCUT2D eigenvalue weighted by atomic mass is 35.5. The van der Waals surface area contributed by atoms with Gasteiger partial charge in [0.1, 0.15) is 6.10 Å². The number of amides is 1. The third-order valence-electron chi connectivity index (χ3n) is 2.94. The molecule has 108 valence electrons. The number of ether oxygens (including phenoxy) is 1. The van der Waals surface area contributed by atoms with Gasteiger partial charge in [0.25, 0.3) is 5.91 Å². The Morgan fingerprint density at radius 3 is 2.84 bits per heavy atom. The van der Waals surface area contributed by atoms with E-state index >= 15 is 0 Å². The van der Waals surface area contributed by atoms with Gasteiger partial charge in [0.15, 0.2) is 0 Å². The summed E-state index contributed by atoms with van der Waals surface area (Å²) in [6.45, 7) is 2.37. The van der Waals surface area contributed by atoms with Crippen LogP contribution in [0.3, 0.4) is 0 Å². The SMILES string of the molecule is Cc1cnccc1NC(=O)[C@@H]1CC[C@H](CN)O1.Cl.Cl. The Balaban J connectivity index is 0.00000162. The number of halogens is 2. The van der Waals surface area contributed by atoms with Crippen LogP contribution in [0.2, 0.25) is 0 Å². The molecule has 0 aromatic carbocycles. The Bertz CT molecular complexity index is 418. The lowest BCUT2D eigenvalue weighted by Crippen LogP contribution is -2.30. The van der Waals surface area contributed by atoms with E-state index in [4.69, 9.17) is 10.5 Å². The lowest BCUT2D eigenvalue weighted by atomic mass is 10.2. The number of carbonyl (C=O) groups excluding carboxylic acids is 1. The molecule has 1 amide bonds. The molecule has 7 heteroatoms. The minimum atomic E-state index is -0.379. The fourth-order valence-electron chi connectivity index (χ4n) is 1.90. The molecule has 0 spiro atoms. The molecule has 1 aliphatic heterocycles. The zero-order chi connectivity index (χ0) is 12.3. The molecule has 1 aromatic rings. The first-order valence-electron chi connectivity index (χ1n) is 5.77. The Kier molecular flexibility index (Phi) is 7.94. The number of carbonyl (C=O) groups is 1. The van der Waals surface area contributed by atoms with Crippen molar-refractivity contribution in [3.8, 4) is 0 Å². The number of anilines is 1. The van der Waals surface area contributed by atoms with Crippen molar-refractivity contribution in [3.63, 3.8) is 0 Å². The summed E-state index contributed by atoms with van der Waals surface area (Å²) >= 11 is 0. The van der Waals surface area contributed by atoms with Gasteiger partial charge >= 0.3 is 0 Å². The van der Waals surface area contributed by atoms with Gasteiger partial charge in [-0.15, -0.1) is 24.8 Å². The van der Waals surface area contributed by atoms with Crippen LogP contribution in [0.1, 0.15) is 18.4 Å². The standard InChI is InChI=1S/C12H17N3O2.2ClH/c1-8-7-14-5-4-10(8)15-12(16)11-3-2-9(6-13)17-11;;/h4-5,7,9,11H,2-3,6,13H2,1H3,(H,14,15,16);2*1H/t9-,11+;;/m1../s1. The number of rotatable bonds is 3. The van der Waals surface area contributed by atoms with Gasteiger partial charge in [-0.05, 0) is 31.4 Å². The molecule has 1 saturated heterocycles. The van der Waals surface area contributed by atoms with Crippen molar-refractivity contribution in [2.24, 2.45) is 5.73 Å². The summed E-state index contributed by atoms with van der Waals surface area (Å²) in [6, 6.07) is 1.78. The molecule has 0 radical (unpaired) electrons. The molecule has 5 nitrogen and oxygen atoms in total. The molecule has 19 heavy (non-hydrogen) atoms. The molecule has 1 aromatic heterocycles. The molecule has 2 heterocycles. The summed E-state index contributed by atoms with van der Waals surface area (Å²) < 4.78 is 5.53. The molecule has 2 atom stereocenters. The molecular formula is C12H19Cl2N3O2. The summed E-state index contributed by atoms with van der Waals surface area (Å²) in [6.07, 6.45) is 4.59. The molecule has 0 aliphatic carbocycles. The topological polar surface area (TPSA) is 77.2 Å². The maximum atomic E-state index is 11.9. The van der Waals surface area contributed by atoms with E-state index in [0.29, 0.717) is 6.54 Å². The van der Waals surface area contributed by atoms with E-state index in [1.807, 2.05) is 6.92 Å². The fourth-order valence-corrected chi connectivity index (χ4v) is 1.90. The quantitative estimate of drug-likeness (QED) is 0.890. The van der Waals surface area contributed by atoms with Crippen molar-refractivity contribution < 1.29 is 9.53 Å². The van der Waals surface area contributed by atoms with Crippen LogP contribution in [0.5, 0.6) is 0 Å². The second-order valence-electron chi connectivity index (χ2n) is 4.24. The average molecular weight is 308 g/mol. The van der Waals surface area contributed by atoms with E-state index < -0.39 is 0 Å². The molecule has 3 N–H and O–H groups in total. The minimum Gasteiger partial charge on any atom is -0.364 e. The summed E-state index contributed by atoms with van der Waals surface area (Å²) in [5.41, 5.74) is 7.23. The van der Waals surface area contributed by atoms with E-state index in [-0.39, 0.29) is 42.9 Å². The van der Waals surface area contributed by atoms with Crippen LogP contribution in [0.4, 0.5) is 5.69 Å². The first-order valence-corrected chi connectivity index (χ1v) is 5.77. The van der Waals surface area contributed by atoms with Gasteiger partial charge < -0.3 is 15.8 Å². The van der Waals surface area contributed by atoms with Crippen molar-refractivity contribution in [1.29, 1.82) is 0 Å². The fraction of sp³-hybridized carbons (Fsp3) is 0.500. The molecule has 0 unspecified atom stereocenters. The number of nitrogens with two attached hydrogens (primary N) is 1. The van der Waals surface area contributed by atoms with Crippen LogP contribution in [0, 0.1) is 6.92 Å². The molecule has 2 rings (SSSR count). The minimum absolute atomic E-state index is 0. The van der Waals surface area contributed by atoms with E-state index in [2.05, 4.69) is 10.3 Å². The van der Waals surface area contributed by atoms with Crippen LogP contribution >= 0.6 is 24.8 Å². The highest BCUT2D eigenvalue weighted by molar-refractivity contribution is 5.94. The lowest BCUT2D eigenvalue weighted by molar-refractivity contribution is -0.126. The molecule has 0 saturated carbocycles. The predicted molar refractivity (Wildman–Crippen MR) is 79.0 cm³/mol. The van der Waals surface area contributed by atoms with Crippen molar-refractivity contribution in [2.75, 3.05) is 11.9 Å². The van der Waals surface area contributed by atoms with Gasteiger partial charge in [-0.1, -0.05) is 0 Å². The Labute approximate surface area is 125 Å². The number of aromatic nitrogens is 1. The van der Waals surface area contributed by atoms with Crippen LogP contribution in [-0.4, -0.2) is 29.6 Å². The third-order valence-corrected chi connectivity index (χ3v) is 2.94. The Morgan fingerprint density at radius 1 is 1.53 bits per heavy atom. The van der Waals surface area contributed by atoms with Gasteiger partial charge in [0.05, 0.1) is 6.10 Å². The normalized spacial score (nSPS) is 21.2. The number of nitrogens with one attached hydrogen (secondary N) is 1. The summed E-state index contributed by atoms with van der Waals surface area (Å²) in [5, 5.41) is 2.85. The Hall–Kier alpha value is -0.880. The maximum Gasteiger partial charge on any atom is 0.253 e.